The average Bonchev–Trinajstić information content (AvgIpc) is 2.95. The molecule has 2 heterocycles. The molecule has 2 aromatic carbocycles. The van der Waals surface area contributed by atoms with Gasteiger partial charge in [-0.1, -0.05) is 47.5 Å². The van der Waals surface area contributed by atoms with Crippen LogP contribution in [0.25, 0.3) is 16.8 Å². The fraction of sp³-hybridized carbons (Fsp3) is 0.286. The van der Waals surface area contributed by atoms with Crippen molar-refractivity contribution in [3.8, 4) is 22.6 Å². The van der Waals surface area contributed by atoms with E-state index in [0.29, 0.717) is 6.61 Å². The van der Waals surface area contributed by atoms with E-state index in [1.54, 1.807) is 11.5 Å². The molecule has 3 aromatic rings. The maximum Gasteiger partial charge on any atom is 0.144 e. The van der Waals surface area contributed by atoms with E-state index in [1.165, 1.54) is 21.6 Å². The molecule has 1 N–H and O–H groups in total. The van der Waals surface area contributed by atoms with Crippen LogP contribution in [0.2, 0.25) is 0 Å². The molecule has 0 fully saturated rings. The average molecular weight is 383 g/mol. The van der Waals surface area contributed by atoms with Crippen LogP contribution in [-0.2, 0) is 5.54 Å². The van der Waals surface area contributed by atoms with Crippen LogP contribution in [0, 0.1) is 11.6 Å². The number of aryl methyl sites for hydroxylation is 1. The number of nitrogens with zero attached hydrogens (tertiary/aromatic N) is 1. The van der Waals surface area contributed by atoms with Gasteiger partial charge < -0.3 is 10.1 Å². The summed E-state index contributed by atoms with van der Waals surface area (Å²) in [5.41, 5.74) is 5.55. The van der Waals surface area contributed by atoms with Gasteiger partial charge in [0.05, 0.1) is 22.7 Å². The molecule has 0 spiro atoms. The molecule has 0 radical (unpaired) electrons. The third kappa shape index (κ3) is 2.66. The van der Waals surface area contributed by atoms with Gasteiger partial charge in [-0.15, -0.1) is 0 Å². The van der Waals surface area contributed by atoms with Crippen LogP contribution < -0.4 is 10.1 Å². The summed E-state index contributed by atoms with van der Waals surface area (Å²) >= 11 is 7.65. The van der Waals surface area contributed by atoms with E-state index < -0.39 is 0 Å². The summed E-state index contributed by atoms with van der Waals surface area (Å²) in [6, 6.07) is 14.6. The maximum atomic E-state index is 5.95. The minimum atomic E-state index is -0.179. The Morgan fingerprint density at radius 1 is 1.19 bits per heavy atom. The zero-order chi connectivity index (χ0) is 18.5. The van der Waals surface area contributed by atoms with E-state index >= 15 is 0 Å². The van der Waals surface area contributed by atoms with Crippen molar-refractivity contribution in [1.82, 2.24) is 3.96 Å². The van der Waals surface area contributed by atoms with Crippen molar-refractivity contribution in [3.63, 3.8) is 0 Å². The zero-order valence-corrected chi connectivity index (χ0v) is 17.1. The lowest BCUT2D eigenvalue weighted by Crippen LogP contribution is -2.30. The minimum Gasteiger partial charge on any atom is -0.492 e. The Hall–Kier alpha value is -2.11. The number of para-hydroxylation sites is 2. The topological polar surface area (TPSA) is 26.2 Å². The van der Waals surface area contributed by atoms with Gasteiger partial charge in [0.25, 0.3) is 0 Å². The number of ether oxygens (including phenoxy) is 1. The highest BCUT2D eigenvalue weighted by atomic mass is 32.1. The molecule has 26 heavy (non-hydrogen) atoms. The van der Waals surface area contributed by atoms with Crippen LogP contribution in [0.1, 0.15) is 31.2 Å². The van der Waals surface area contributed by atoms with E-state index in [4.69, 9.17) is 17.0 Å². The number of nitrogens with one attached hydrogen (secondary N) is 1. The quantitative estimate of drug-likeness (QED) is 0.538. The van der Waals surface area contributed by atoms with Crippen molar-refractivity contribution in [3.05, 3.63) is 57.5 Å². The standard InChI is InChI=1S/C21H22N2OS2/c1-5-24-17-9-7-6-8-16(17)23-20(25)18-14-12-13(2)10-11-15(14)22-21(3,4)19(18)26-23/h6-12,22H,5H2,1-4H3. The molecule has 0 unspecified atom stereocenters. The molecule has 0 saturated carbocycles. The molecule has 134 valence electrons. The van der Waals surface area contributed by atoms with Crippen LogP contribution in [-0.4, -0.2) is 10.6 Å². The molecule has 0 aliphatic carbocycles. The Morgan fingerprint density at radius 2 is 1.96 bits per heavy atom. The van der Waals surface area contributed by atoms with Crippen molar-refractivity contribution in [1.29, 1.82) is 0 Å². The van der Waals surface area contributed by atoms with Crippen molar-refractivity contribution < 1.29 is 4.74 Å². The molecule has 0 amide bonds. The Kier molecular flexibility index (Phi) is 4.16. The summed E-state index contributed by atoms with van der Waals surface area (Å²) < 4.78 is 8.82. The third-order valence-corrected chi connectivity index (χ3v) is 6.61. The number of benzene rings is 2. The number of rotatable bonds is 3. The first-order valence-electron chi connectivity index (χ1n) is 8.80. The van der Waals surface area contributed by atoms with Crippen molar-refractivity contribution >= 4 is 29.4 Å². The van der Waals surface area contributed by atoms with Crippen molar-refractivity contribution in [2.45, 2.75) is 33.2 Å². The van der Waals surface area contributed by atoms with Gasteiger partial charge in [0.15, 0.2) is 0 Å². The molecular formula is C21H22N2OS2. The maximum absolute atomic E-state index is 5.95. The molecule has 5 heteroatoms. The van der Waals surface area contributed by atoms with Crippen molar-refractivity contribution in [2.24, 2.45) is 0 Å². The lowest BCUT2D eigenvalue weighted by atomic mass is 9.89. The second kappa shape index (κ2) is 6.25. The molecule has 0 saturated heterocycles. The molecule has 1 aromatic heterocycles. The summed E-state index contributed by atoms with van der Waals surface area (Å²) in [6.07, 6.45) is 0. The largest absolute Gasteiger partial charge is 0.492 e. The molecule has 0 atom stereocenters. The fourth-order valence-corrected chi connectivity index (χ4v) is 5.14. The second-order valence-corrected chi connectivity index (χ2v) is 8.44. The van der Waals surface area contributed by atoms with Crippen LogP contribution in [0.5, 0.6) is 5.75 Å². The SMILES string of the molecule is CCOc1ccccc1-n1sc2c(c1=S)-c1cc(C)ccc1NC2(C)C. The Labute approximate surface area is 163 Å². The van der Waals surface area contributed by atoms with E-state index in [2.05, 4.69) is 54.3 Å². The predicted octanol–water partition coefficient (Wildman–Crippen LogP) is 6.30. The summed E-state index contributed by atoms with van der Waals surface area (Å²) in [7, 11) is 0. The second-order valence-electron chi connectivity index (χ2n) is 7.09. The van der Waals surface area contributed by atoms with Gasteiger partial charge in [0.1, 0.15) is 10.4 Å². The molecule has 3 nitrogen and oxygen atoms in total. The first-order valence-corrected chi connectivity index (χ1v) is 9.98. The van der Waals surface area contributed by atoms with Crippen LogP contribution in [0.3, 0.4) is 0 Å². The molecular weight excluding hydrogens is 360 g/mol. The first kappa shape index (κ1) is 17.3. The van der Waals surface area contributed by atoms with E-state index in [-0.39, 0.29) is 5.54 Å². The van der Waals surface area contributed by atoms with Gasteiger partial charge in [0.2, 0.25) is 0 Å². The van der Waals surface area contributed by atoms with E-state index in [9.17, 15) is 0 Å². The highest BCUT2D eigenvalue weighted by Gasteiger charge is 2.34. The van der Waals surface area contributed by atoms with E-state index in [1.807, 2.05) is 25.1 Å². The smallest absolute Gasteiger partial charge is 0.144 e. The van der Waals surface area contributed by atoms with Gasteiger partial charge in [0, 0.05) is 16.8 Å². The van der Waals surface area contributed by atoms with Crippen molar-refractivity contribution in [2.75, 3.05) is 11.9 Å². The fourth-order valence-electron chi connectivity index (χ4n) is 3.47. The minimum absolute atomic E-state index is 0.179. The van der Waals surface area contributed by atoms with Gasteiger partial charge in [-0.05, 0) is 52.0 Å². The van der Waals surface area contributed by atoms with Gasteiger partial charge in [-0.2, -0.15) is 0 Å². The zero-order valence-electron chi connectivity index (χ0n) is 15.4. The molecule has 1 aliphatic rings. The molecule has 4 rings (SSSR count). The monoisotopic (exact) mass is 382 g/mol. The lowest BCUT2D eigenvalue weighted by molar-refractivity contribution is 0.339. The van der Waals surface area contributed by atoms with E-state index in [0.717, 1.165) is 21.8 Å². The summed E-state index contributed by atoms with van der Waals surface area (Å²) in [4.78, 5) is 1.26. The van der Waals surface area contributed by atoms with Gasteiger partial charge in [-0.3, -0.25) is 3.96 Å². The molecule has 1 aliphatic heterocycles. The number of hydrogen-bond acceptors (Lipinski definition) is 4. The first-order chi connectivity index (χ1) is 12.4. The van der Waals surface area contributed by atoms with Crippen LogP contribution >= 0.6 is 23.8 Å². The van der Waals surface area contributed by atoms with Crippen LogP contribution in [0.4, 0.5) is 5.69 Å². The Bertz CT molecular complexity index is 1050. The van der Waals surface area contributed by atoms with Gasteiger partial charge in [-0.25, -0.2) is 0 Å². The van der Waals surface area contributed by atoms with Gasteiger partial charge >= 0.3 is 0 Å². The molecule has 0 bridgehead atoms. The summed E-state index contributed by atoms with van der Waals surface area (Å²) in [6.45, 7) is 9.16. The Morgan fingerprint density at radius 3 is 2.73 bits per heavy atom. The number of anilines is 1. The number of hydrogen-bond donors (Lipinski definition) is 1. The normalized spacial score (nSPS) is 14.3. The predicted molar refractivity (Wildman–Crippen MR) is 112 cm³/mol. The lowest BCUT2D eigenvalue weighted by Gasteiger charge is -2.33. The number of fused-ring (bicyclic) bond motifs is 3. The summed E-state index contributed by atoms with van der Waals surface area (Å²) in [5, 5.41) is 3.67. The number of aromatic nitrogens is 1. The van der Waals surface area contributed by atoms with Crippen LogP contribution in [0.15, 0.2) is 42.5 Å². The third-order valence-electron chi connectivity index (χ3n) is 4.65. The highest BCUT2D eigenvalue weighted by molar-refractivity contribution is 7.71. The summed E-state index contributed by atoms with van der Waals surface area (Å²) in [5.74, 6) is 0.861. The highest BCUT2D eigenvalue weighted by Crippen LogP contribution is 2.48. The Balaban J connectivity index is 2.00.